The van der Waals surface area contributed by atoms with Crippen molar-refractivity contribution >= 4 is 29.6 Å². The third-order valence-corrected chi connectivity index (χ3v) is 5.44. The lowest BCUT2D eigenvalue weighted by Crippen LogP contribution is -2.54. The average Bonchev–Trinajstić information content (AvgIpc) is 3.29. The topological polar surface area (TPSA) is 123 Å². The number of nitrogens with zero attached hydrogens (tertiary/aromatic N) is 1. The van der Waals surface area contributed by atoms with E-state index in [2.05, 4.69) is 0 Å². The maximum absolute atomic E-state index is 12.4. The van der Waals surface area contributed by atoms with Gasteiger partial charge in [-0.25, -0.2) is 14.4 Å². The number of carbonyl (C=O) groups excluding carboxylic acids is 1. The molecule has 0 radical (unpaired) electrons. The Hall–Kier alpha value is -3.46. The zero-order valence-corrected chi connectivity index (χ0v) is 17.0. The Balaban J connectivity index is 1.47. The maximum atomic E-state index is 12.4. The van der Waals surface area contributed by atoms with Crippen molar-refractivity contribution in [3.8, 4) is 11.5 Å². The molecule has 2 heterocycles. The molecule has 0 bridgehead atoms. The van der Waals surface area contributed by atoms with Crippen LogP contribution in [0.1, 0.15) is 24.2 Å². The standard InChI is InChI=1S/C21H18ClNO8/c1-11(23-10-17(29-20(23)28)13-3-2-4-14(22)9-13)7-12-5-6-15-16(8-12)31-21(30-15,18(24)25)19(26)27/h2-6,8-9,11,17H,7,10H2,1H3,(H,24,25)(H,26,27)/t11?,17-/m0/s1. The average molecular weight is 448 g/mol. The molecule has 2 aliphatic heterocycles. The predicted molar refractivity (Wildman–Crippen MR) is 106 cm³/mol. The first kappa shape index (κ1) is 20.8. The molecule has 9 nitrogen and oxygen atoms in total. The van der Waals surface area contributed by atoms with Gasteiger partial charge in [0, 0.05) is 11.1 Å². The first-order valence-electron chi connectivity index (χ1n) is 9.40. The lowest BCUT2D eigenvalue weighted by molar-refractivity contribution is -0.194. The lowest BCUT2D eigenvalue weighted by Gasteiger charge is -2.22. The van der Waals surface area contributed by atoms with E-state index in [1.165, 1.54) is 12.1 Å². The van der Waals surface area contributed by atoms with Crippen molar-refractivity contribution in [2.75, 3.05) is 6.54 Å². The predicted octanol–water partition coefficient (Wildman–Crippen LogP) is 3.10. The van der Waals surface area contributed by atoms with Crippen molar-refractivity contribution in [3.05, 3.63) is 58.6 Å². The summed E-state index contributed by atoms with van der Waals surface area (Å²) in [5.41, 5.74) is 1.51. The molecule has 0 saturated carbocycles. The molecule has 10 heteroatoms. The molecule has 0 spiro atoms. The number of ether oxygens (including phenoxy) is 3. The minimum atomic E-state index is -2.81. The highest BCUT2D eigenvalue weighted by Gasteiger charge is 2.57. The third kappa shape index (κ3) is 3.72. The van der Waals surface area contributed by atoms with E-state index in [4.69, 9.17) is 25.8 Å². The fourth-order valence-corrected chi connectivity index (χ4v) is 3.81. The van der Waals surface area contributed by atoms with Gasteiger partial charge in [-0.05, 0) is 48.7 Å². The van der Waals surface area contributed by atoms with Crippen LogP contribution in [0.5, 0.6) is 11.5 Å². The summed E-state index contributed by atoms with van der Waals surface area (Å²) in [6.45, 7) is 2.21. The van der Waals surface area contributed by atoms with Crippen molar-refractivity contribution in [3.63, 3.8) is 0 Å². The van der Waals surface area contributed by atoms with Gasteiger partial charge < -0.3 is 29.3 Å². The number of carbonyl (C=O) groups is 3. The SMILES string of the molecule is CC(Cc1ccc2c(c1)OC(C(=O)O)(C(=O)O)O2)N1C[C@@H](c2cccc(Cl)c2)OC1=O. The van der Waals surface area contributed by atoms with Gasteiger partial charge in [0.05, 0.1) is 6.54 Å². The van der Waals surface area contributed by atoms with E-state index in [9.17, 15) is 24.6 Å². The number of cyclic esters (lactones) is 1. The summed E-state index contributed by atoms with van der Waals surface area (Å²) in [6.07, 6.45) is -0.479. The number of aliphatic carboxylic acids is 2. The van der Waals surface area contributed by atoms with E-state index in [0.29, 0.717) is 23.6 Å². The molecule has 31 heavy (non-hydrogen) atoms. The normalized spacial score (nSPS) is 19.7. The molecule has 1 saturated heterocycles. The molecule has 162 valence electrons. The number of rotatable bonds is 6. The smallest absolute Gasteiger partial charge is 0.453 e. The number of fused-ring (bicyclic) bond motifs is 1. The molecule has 1 fully saturated rings. The van der Waals surface area contributed by atoms with E-state index in [0.717, 1.165) is 5.56 Å². The van der Waals surface area contributed by atoms with Crippen LogP contribution >= 0.6 is 11.6 Å². The highest BCUT2D eigenvalue weighted by atomic mass is 35.5. The van der Waals surface area contributed by atoms with Gasteiger partial charge in [0.1, 0.15) is 6.10 Å². The van der Waals surface area contributed by atoms with Crippen LogP contribution in [0, 0.1) is 0 Å². The van der Waals surface area contributed by atoms with Gasteiger partial charge in [0.25, 0.3) is 0 Å². The van der Waals surface area contributed by atoms with Crippen molar-refractivity contribution < 1.29 is 38.8 Å². The Labute approximate surface area is 181 Å². The summed E-state index contributed by atoms with van der Waals surface area (Å²) in [7, 11) is 0. The van der Waals surface area contributed by atoms with Gasteiger partial charge in [-0.3, -0.25) is 0 Å². The number of amides is 1. The van der Waals surface area contributed by atoms with Gasteiger partial charge in [-0.15, -0.1) is 0 Å². The zero-order valence-electron chi connectivity index (χ0n) is 16.3. The van der Waals surface area contributed by atoms with E-state index in [1.807, 2.05) is 13.0 Å². The van der Waals surface area contributed by atoms with Gasteiger partial charge in [0.15, 0.2) is 11.5 Å². The minimum absolute atomic E-state index is 0.00954. The second-order valence-electron chi connectivity index (χ2n) is 7.35. The first-order chi connectivity index (χ1) is 14.7. The monoisotopic (exact) mass is 447 g/mol. The number of carboxylic acids is 2. The summed E-state index contributed by atoms with van der Waals surface area (Å²) < 4.78 is 15.7. The van der Waals surface area contributed by atoms with E-state index >= 15 is 0 Å². The highest BCUT2D eigenvalue weighted by molar-refractivity contribution is 6.30. The summed E-state index contributed by atoms with van der Waals surface area (Å²) in [4.78, 5) is 36.7. The number of carboxylic acid groups (broad SMARTS) is 2. The van der Waals surface area contributed by atoms with E-state index in [-0.39, 0.29) is 17.5 Å². The molecule has 2 aromatic carbocycles. The molecular formula is C21H18ClNO8. The zero-order chi connectivity index (χ0) is 22.3. The molecule has 0 aliphatic carbocycles. The number of benzene rings is 2. The van der Waals surface area contributed by atoms with Crippen LogP contribution in [-0.2, 0) is 20.7 Å². The molecule has 4 rings (SSSR count). The molecule has 2 N–H and O–H groups in total. The Morgan fingerprint density at radius 3 is 2.55 bits per heavy atom. The van der Waals surface area contributed by atoms with E-state index < -0.39 is 29.9 Å². The molecule has 2 aliphatic rings. The van der Waals surface area contributed by atoms with Crippen molar-refractivity contribution in [1.82, 2.24) is 4.90 Å². The van der Waals surface area contributed by atoms with Crippen molar-refractivity contribution in [1.29, 1.82) is 0 Å². The molecule has 1 unspecified atom stereocenters. The van der Waals surface area contributed by atoms with Gasteiger partial charge in [-0.2, -0.15) is 0 Å². The van der Waals surface area contributed by atoms with Crippen molar-refractivity contribution in [2.24, 2.45) is 0 Å². The quantitative estimate of drug-likeness (QED) is 0.647. The van der Waals surface area contributed by atoms with Crippen LogP contribution in [0.25, 0.3) is 0 Å². The van der Waals surface area contributed by atoms with Gasteiger partial charge in [0.2, 0.25) is 0 Å². The summed E-state index contributed by atoms with van der Waals surface area (Å²) >= 11 is 6.02. The number of hydrogen-bond acceptors (Lipinski definition) is 6. The summed E-state index contributed by atoms with van der Waals surface area (Å²) in [5, 5.41) is 19.0. The Morgan fingerprint density at radius 1 is 1.16 bits per heavy atom. The first-order valence-corrected chi connectivity index (χ1v) is 9.78. The number of halogens is 1. The fraction of sp³-hybridized carbons (Fsp3) is 0.286. The highest BCUT2D eigenvalue weighted by Crippen LogP contribution is 2.41. The van der Waals surface area contributed by atoms with Crippen LogP contribution in [0.3, 0.4) is 0 Å². The van der Waals surface area contributed by atoms with Gasteiger partial charge >= 0.3 is 23.8 Å². The molecule has 1 amide bonds. The Kier molecular flexibility index (Phi) is 5.14. The fourth-order valence-electron chi connectivity index (χ4n) is 3.61. The van der Waals surface area contributed by atoms with Crippen LogP contribution in [0.15, 0.2) is 42.5 Å². The summed E-state index contributed by atoms with van der Waals surface area (Å²) in [5.74, 6) is -6.32. The van der Waals surface area contributed by atoms with Crippen LogP contribution in [0.2, 0.25) is 5.02 Å². The van der Waals surface area contributed by atoms with E-state index in [1.54, 1.807) is 29.2 Å². The van der Waals surface area contributed by atoms with Crippen LogP contribution in [-0.4, -0.2) is 51.5 Å². The van der Waals surface area contributed by atoms with Crippen LogP contribution < -0.4 is 9.47 Å². The molecular weight excluding hydrogens is 430 g/mol. The largest absolute Gasteiger partial charge is 0.475 e. The molecule has 2 atom stereocenters. The molecule has 0 aromatic heterocycles. The lowest BCUT2D eigenvalue weighted by atomic mass is 10.0. The Morgan fingerprint density at radius 2 is 1.87 bits per heavy atom. The second kappa shape index (κ2) is 7.66. The molecule has 2 aromatic rings. The van der Waals surface area contributed by atoms with Gasteiger partial charge in [-0.1, -0.05) is 29.8 Å². The van der Waals surface area contributed by atoms with Crippen molar-refractivity contribution in [2.45, 2.75) is 31.3 Å². The number of hydrogen-bond donors (Lipinski definition) is 2. The Bertz CT molecular complexity index is 1060. The second-order valence-corrected chi connectivity index (χ2v) is 7.78. The van der Waals surface area contributed by atoms with Crippen LogP contribution in [0.4, 0.5) is 4.79 Å². The maximum Gasteiger partial charge on any atom is 0.453 e. The third-order valence-electron chi connectivity index (χ3n) is 5.20. The minimum Gasteiger partial charge on any atom is -0.475 e. The summed E-state index contributed by atoms with van der Waals surface area (Å²) in [6, 6.07) is 11.5.